The van der Waals surface area contributed by atoms with Crippen LogP contribution in [0.4, 0.5) is 13.2 Å². The molecule has 0 saturated heterocycles. The van der Waals surface area contributed by atoms with Gasteiger partial charge in [0.1, 0.15) is 12.4 Å². The summed E-state index contributed by atoms with van der Waals surface area (Å²) >= 11 is 0. The van der Waals surface area contributed by atoms with Crippen LogP contribution in [0.25, 0.3) is 11.4 Å². The highest BCUT2D eigenvalue weighted by Gasteiger charge is 2.35. The summed E-state index contributed by atoms with van der Waals surface area (Å²) in [6.45, 7) is 0.854. The molecule has 0 radical (unpaired) electrons. The fraction of sp³-hybridized carbons (Fsp3) is 0.333. The van der Waals surface area contributed by atoms with Crippen LogP contribution in [0.5, 0.6) is 5.75 Å². The van der Waals surface area contributed by atoms with Crippen LogP contribution < -0.4 is 4.74 Å². The second-order valence-electron chi connectivity index (χ2n) is 3.87. The van der Waals surface area contributed by atoms with Gasteiger partial charge in [-0.15, -0.1) is 0 Å². The molecule has 0 atom stereocenters. The summed E-state index contributed by atoms with van der Waals surface area (Å²) in [6.07, 6.45) is -4.53. The standard InChI is InChI=1S/C12H12F3N3O2/c1-19-6-7-20-9-4-2-8(3-5-9)10-16-11(18-17-10)12(13,14)15/h2-5H,6-7H2,1H3,(H,16,17,18). The Hall–Kier alpha value is -2.09. The van der Waals surface area contributed by atoms with E-state index in [1.165, 1.54) is 0 Å². The number of nitrogens with zero attached hydrogens (tertiary/aromatic N) is 2. The van der Waals surface area contributed by atoms with E-state index in [1.54, 1.807) is 31.4 Å². The Morgan fingerprint density at radius 3 is 2.40 bits per heavy atom. The van der Waals surface area contributed by atoms with Gasteiger partial charge in [0.05, 0.1) is 6.61 Å². The zero-order valence-corrected chi connectivity index (χ0v) is 10.6. The van der Waals surface area contributed by atoms with Crippen molar-refractivity contribution in [1.29, 1.82) is 0 Å². The van der Waals surface area contributed by atoms with Gasteiger partial charge in [-0.1, -0.05) is 0 Å². The van der Waals surface area contributed by atoms with E-state index in [-0.39, 0.29) is 5.82 Å². The van der Waals surface area contributed by atoms with Crippen molar-refractivity contribution >= 4 is 0 Å². The lowest BCUT2D eigenvalue weighted by atomic mass is 10.2. The molecule has 0 amide bonds. The molecule has 1 aromatic heterocycles. The first-order valence-corrected chi connectivity index (χ1v) is 5.72. The van der Waals surface area contributed by atoms with Crippen LogP contribution >= 0.6 is 0 Å². The summed E-state index contributed by atoms with van der Waals surface area (Å²) in [5.74, 6) is -0.536. The number of rotatable bonds is 5. The lowest BCUT2D eigenvalue weighted by molar-refractivity contribution is -0.144. The van der Waals surface area contributed by atoms with Crippen LogP contribution in [0.1, 0.15) is 5.82 Å². The third-order valence-corrected chi connectivity index (χ3v) is 2.42. The van der Waals surface area contributed by atoms with Crippen LogP contribution in [-0.2, 0) is 10.9 Å². The quantitative estimate of drug-likeness (QED) is 0.858. The van der Waals surface area contributed by atoms with E-state index in [0.717, 1.165) is 0 Å². The summed E-state index contributed by atoms with van der Waals surface area (Å²) in [5.41, 5.74) is 0.468. The van der Waals surface area contributed by atoms with Crippen molar-refractivity contribution in [2.24, 2.45) is 0 Å². The third-order valence-electron chi connectivity index (χ3n) is 2.42. The van der Waals surface area contributed by atoms with Gasteiger partial charge in [-0.05, 0) is 24.3 Å². The van der Waals surface area contributed by atoms with Crippen molar-refractivity contribution in [3.63, 3.8) is 0 Å². The predicted molar refractivity (Wildman–Crippen MR) is 64.2 cm³/mol. The minimum Gasteiger partial charge on any atom is -0.491 e. The van der Waals surface area contributed by atoms with Crippen molar-refractivity contribution < 1.29 is 22.6 Å². The summed E-state index contributed by atoms with van der Waals surface area (Å²) in [6, 6.07) is 6.44. The third kappa shape index (κ3) is 3.47. The highest BCUT2D eigenvalue weighted by Crippen LogP contribution is 2.27. The Kier molecular flexibility index (Phi) is 4.23. The molecule has 1 N–H and O–H groups in total. The molecule has 8 heteroatoms. The number of aromatic amines is 1. The molecule has 2 rings (SSSR count). The Morgan fingerprint density at radius 1 is 1.15 bits per heavy atom. The largest absolute Gasteiger partial charge is 0.491 e. The molecule has 0 aliphatic rings. The van der Waals surface area contributed by atoms with Gasteiger partial charge in [-0.3, -0.25) is 5.10 Å². The van der Waals surface area contributed by atoms with E-state index >= 15 is 0 Å². The number of methoxy groups -OCH3 is 1. The van der Waals surface area contributed by atoms with E-state index in [1.807, 2.05) is 5.10 Å². The molecule has 0 saturated carbocycles. The average molecular weight is 287 g/mol. The second-order valence-corrected chi connectivity index (χ2v) is 3.87. The molecule has 5 nitrogen and oxygen atoms in total. The smallest absolute Gasteiger partial charge is 0.451 e. The molecule has 20 heavy (non-hydrogen) atoms. The van der Waals surface area contributed by atoms with Crippen molar-refractivity contribution in [3.8, 4) is 17.1 Å². The first-order chi connectivity index (χ1) is 9.50. The first-order valence-electron chi connectivity index (χ1n) is 5.72. The highest BCUT2D eigenvalue weighted by atomic mass is 19.4. The van der Waals surface area contributed by atoms with Crippen molar-refractivity contribution in [1.82, 2.24) is 15.2 Å². The molecule has 1 heterocycles. The minimum absolute atomic E-state index is 0.0132. The Balaban J connectivity index is 2.08. The van der Waals surface area contributed by atoms with Gasteiger partial charge < -0.3 is 9.47 Å². The maximum Gasteiger partial charge on any atom is 0.451 e. The fourth-order valence-corrected chi connectivity index (χ4v) is 1.46. The van der Waals surface area contributed by atoms with Crippen LogP contribution in [0.15, 0.2) is 24.3 Å². The number of hydrogen-bond donors (Lipinski definition) is 1. The van der Waals surface area contributed by atoms with Crippen molar-refractivity contribution in [2.75, 3.05) is 20.3 Å². The number of nitrogens with one attached hydrogen (secondary N) is 1. The molecule has 0 aliphatic heterocycles. The number of H-pyrrole nitrogens is 1. The lowest BCUT2D eigenvalue weighted by Crippen LogP contribution is -2.07. The second kappa shape index (κ2) is 5.91. The molecular weight excluding hydrogens is 275 g/mol. The highest BCUT2D eigenvalue weighted by molar-refractivity contribution is 5.55. The molecule has 0 fully saturated rings. The molecule has 0 spiro atoms. The summed E-state index contributed by atoms with van der Waals surface area (Å²) in [4.78, 5) is 3.40. The summed E-state index contributed by atoms with van der Waals surface area (Å²) in [7, 11) is 1.56. The fourth-order valence-electron chi connectivity index (χ4n) is 1.46. The number of benzene rings is 1. The van der Waals surface area contributed by atoms with E-state index in [4.69, 9.17) is 9.47 Å². The number of alkyl halides is 3. The van der Waals surface area contributed by atoms with Crippen LogP contribution in [0.3, 0.4) is 0 Å². The SMILES string of the molecule is COCCOc1ccc(-c2n[nH]c(C(F)(F)F)n2)cc1. The van der Waals surface area contributed by atoms with Gasteiger partial charge >= 0.3 is 6.18 Å². The average Bonchev–Trinajstić information content (AvgIpc) is 2.89. The van der Waals surface area contributed by atoms with E-state index < -0.39 is 12.0 Å². The van der Waals surface area contributed by atoms with Gasteiger partial charge in [0, 0.05) is 12.7 Å². The van der Waals surface area contributed by atoms with Gasteiger partial charge in [0.25, 0.3) is 0 Å². The Morgan fingerprint density at radius 2 is 1.85 bits per heavy atom. The Labute approximate surface area is 112 Å². The van der Waals surface area contributed by atoms with Crippen LogP contribution in [0.2, 0.25) is 0 Å². The van der Waals surface area contributed by atoms with Gasteiger partial charge in [-0.25, -0.2) is 4.98 Å². The summed E-state index contributed by atoms with van der Waals surface area (Å²) in [5, 5.41) is 5.41. The zero-order valence-electron chi connectivity index (χ0n) is 10.6. The molecular formula is C12H12F3N3O2. The zero-order chi connectivity index (χ0) is 14.6. The number of hydrogen-bond acceptors (Lipinski definition) is 4. The summed E-state index contributed by atoms with van der Waals surface area (Å²) < 4.78 is 47.3. The van der Waals surface area contributed by atoms with E-state index in [0.29, 0.717) is 24.5 Å². The minimum atomic E-state index is -4.53. The Bertz CT molecular complexity index is 552. The van der Waals surface area contributed by atoms with Gasteiger partial charge in [0.15, 0.2) is 5.82 Å². The monoisotopic (exact) mass is 287 g/mol. The number of aromatic nitrogens is 3. The van der Waals surface area contributed by atoms with Gasteiger partial charge in [0.2, 0.25) is 5.82 Å². The van der Waals surface area contributed by atoms with E-state index in [2.05, 4.69) is 10.1 Å². The molecule has 0 unspecified atom stereocenters. The number of halogens is 3. The first kappa shape index (κ1) is 14.3. The molecule has 108 valence electrons. The maximum absolute atomic E-state index is 12.4. The topological polar surface area (TPSA) is 60.0 Å². The van der Waals surface area contributed by atoms with E-state index in [9.17, 15) is 13.2 Å². The molecule has 1 aromatic carbocycles. The van der Waals surface area contributed by atoms with Crippen molar-refractivity contribution in [2.45, 2.75) is 6.18 Å². The molecule has 0 bridgehead atoms. The normalized spacial score (nSPS) is 11.6. The molecule has 0 aliphatic carbocycles. The van der Waals surface area contributed by atoms with Gasteiger partial charge in [-0.2, -0.15) is 18.3 Å². The maximum atomic E-state index is 12.4. The van der Waals surface area contributed by atoms with Crippen molar-refractivity contribution in [3.05, 3.63) is 30.1 Å². The number of ether oxygens (including phenoxy) is 2. The lowest BCUT2D eigenvalue weighted by Gasteiger charge is -2.05. The van der Waals surface area contributed by atoms with Crippen LogP contribution in [-0.4, -0.2) is 35.5 Å². The molecule has 2 aromatic rings. The van der Waals surface area contributed by atoms with Crippen LogP contribution in [0, 0.1) is 0 Å². The predicted octanol–water partition coefficient (Wildman–Crippen LogP) is 2.52.